The van der Waals surface area contributed by atoms with Crippen LogP contribution in [-0.4, -0.2) is 19.1 Å². The first kappa shape index (κ1) is 13.1. The number of rotatable bonds is 4. The van der Waals surface area contributed by atoms with Crippen molar-refractivity contribution in [2.24, 2.45) is 0 Å². The van der Waals surface area contributed by atoms with Gasteiger partial charge in [0.1, 0.15) is 0 Å². The number of hydrogen-bond acceptors (Lipinski definition) is 3. The number of carbonyl (C=O) groups is 1. The smallest absolute Gasteiger partial charge is 0.313 e. The standard InChI is InChI=1S/C15H21NO2/c1-3-12(15(17)18-4-2)13-7-5-6-11-8-9-16-10-14(11)13/h5-7,12,16H,3-4,8-10H2,1-2H3. The molecular weight excluding hydrogens is 226 g/mol. The highest BCUT2D eigenvalue weighted by molar-refractivity contribution is 5.78. The molecule has 1 aliphatic rings. The number of esters is 1. The maximum atomic E-state index is 12.0. The van der Waals surface area contributed by atoms with Crippen LogP contribution in [0, 0.1) is 0 Å². The Hall–Kier alpha value is -1.35. The van der Waals surface area contributed by atoms with Crippen LogP contribution in [0.5, 0.6) is 0 Å². The summed E-state index contributed by atoms with van der Waals surface area (Å²) in [5, 5.41) is 3.38. The van der Waals surface area contributed by atoms with E-state index >= 15 is 0 Å². The summed E-state index contributed by atoms with van der Waals surface area (Å²) < 4.78 is 5.18. The van der Waals surface area contributed by atoms with E-state index in [4.69, 9.17) is 4.74 Å². The van der Waals surface area contributed by atoms with Gasteiger partial charge in [-0.1, -0.05) is 25.1 Å². The molecule has 0 radical (unpaired) electrons. The van der Waals surface area contributed by atoms with Gasteiger partial charge in [0.2, 0.25) is 0 Å². The second-order valence-corrected chi connectivity index (χ2v) is 4.62. The fraction of sp³-hybridized carbons (Fsp3) is 0.533. The lowest BCUT2D eigenvalue weighted by Gasteiger charge is -2.24. The molecular formula is C15H21NO2. The SMILES string of the molecule is CCOC(=O)C(CC)c1cccc2c1CNCC2. The van der Waals surface area contributed by atoms with Crippen LogP contribution in [0.25, 0.3) is 0 Å². The summed E-state index contributed by atoms with van der Waals surface area (Å²) in [5.74, 6) is -0.223. The van der Waals surface area contributed by atoms with E-state index in [1.807, 2.05) is 13.8 Å². The maximum Gasteiger partial charge on any atom is 0.313 e. The minimum absolute atomic E-state index is 0.0982. The van der Waals surface area contributed by atoms with Crippen molar-refractivity contribution in [1.82, 2.24) is 5.32 Å². The van der Waals surface area contributed by atoms with Crippen molar-refractivity contribution in [1.29, 1.82) is 0 Å². The Morgan fingerprint density at radius 1 is 1.44 bits per heavy atom. The predicted octanol–water partition coefficient (Wildman–Crippen LogP) is 2.39. The molecule has 0 aliphatic carbocycles. The maximum absolute atomic E-state index is 12.0. The Kier molecular flexibility index (Phi) is 4.37. The molecule has 0 saturated heterocycles. The molecule has 2 rings (SSSR count). The minimum atomic E-state index is -0.125. The molecule has 0 spiro atoms. The van der Waals surface area contributed by atoms with Crippen molar-refractivity contribution in [2.45, 2.75) is 39.2 Å². The first-order chi connectivity index (χ1) is 8.77. The van der Waals surface area contributed by atoms with E-state index in [0.29, 0.717) is 6.61 Å². The largest absolute Gasteiger partial charge is 0.466 e. The van der Waals surface area contributed by atoms with Crippen LogP contribution in [0.2, 0.25) is 0 Å². The summed E-state index contributed by atoms with van der Waals surface area (Å²) in [4.78, 5) is 12.0. The Bertz CT molecular complexity index is 429. The summed E-state index contributed by atoms with van der Waals surface area (Å²) in [7, 11) is 0. The second kappa shape index (κ2) is 6.01. The fourth-order valence-corrected chi connectivity index (χ4v) is 2.62. The zero-order valence-corrected chi connectivity index (χ0v) is 11.2. The number of carbonyl (C=O) groups excluding carboxylic acids is 1. The summed E-state index contributed by atoms with van der Waals surface area (Å²) in [6.45, 7) is 6.22. The zero-order chi connectivity index (χ0) is 13.0. The minimum Gasteiger partial charge on any atom is -0.466 e. The molecule has 1 heterocycles. The third-order valence-corrected chi connectivity index (χ3v) is 3.54. The zero-order valence-electron chi connectivity index (χ0n) is 11.2. The monoisotopic (exact) mass is 247 g/mol. The van der Waals surface area contributed by atoms with Gasteiger partial charge in [-0.15, -0.1) is 0 Å². The van der Waals surface area contributed by atoms with Gasteiger partial charge in [0.05, 0.1) is 12.5 Å². The lowest BCUT2D eigenvalue weighted by atomic mass is 9.87. The van der Waals surface area contributed by atoms with Gasteiger partial charge in [-0.05, 0) is 43.0 Å². The van der Waals surface area contributed by atoms with E-state index < -0.39 is 0 Å². The third kappa shape index (κ3) is 2.56. The van der Waals surface area contributed by atoms with Crippen LogP contribution in [0.1, 0.15) is 42.9 Å². The van der Waals surface area contributed by atoms with E-state index in [0.717, 1.165) is 31.5 Å². The molecule has 0 amide bonds. The molecule has 1 aromatic rings. The van der Waals surface area contributed by atoms with Crippen LogP contribution >= 0.6 is 0 Å². The van der Waals surface area contributed by atoms with Crippen LogP contribution in [0.3, 0.4) is 0 Å². The molecule has 0 saturated carbocycles. The van der Waals surface area contributed by atoms with E-state index in [-0.39, 0.29) is 11.9 Å². The van der Waals surface area contributed by atoms with Gasteiger partial charge in [-0.25, -0.2) is 0 Å². The second-order valence-electron chi connectivity index (χ2n) is 4.62. The fourth-order valence-electron chi connectivity index (χ4n) is 2.62. The molecule has 1 atom stereocenters. The lowest BCUT2D eigenvalue weighted by molar-refractivity contribution is -0.145. The number of hydrogen-bond donors (Lipinski definition) is 1. The first-order valence-corrected chi connectivity index (χ1v) is 6.75. The normalized spacial score (nSPS) is 15.9. The van der Waals surface area contributed by atoms with Crippen LogP contribution in [0.15, 0.2) is 18.2 Å². The van der Waals surface area contributed by atoms with E-state index in [1.54, 1.807) is 0 Å². The van der Waals surface area contributed by atoms with Crippen molar-refractivity contribution in [3.05, 3.63) is 34.9 Å². The lowest BCUT2D eigenvalue weighted by Crippen LogP contribution is -2.27. The van der Waals surface area contributed by atoms with E-state index in [1.165, 1.54) is 11.1 Å². The molecule has 0 aromatic heterocycles. The highest BCUT2D eigenvalue weighted by atomic mass is 16.5. The van der Waals surface area contributed by atoms with Gasteiger partial charge >= 0.3 is 5.97 Å². The third-order valence-electron chi connectivity index (χ3n) is 3.54. The van der Waals surface area contributed by atoms with Crippen molar-refractivity contribution in [2.75, 3.05) is 13.2 Å². The predicted molar refractivity (Wildman–Crippen MR) is 71.5 cm³/mol. The summed E-state index contributed by atoms with van der Waals surface area (Å²) >= 11 is 0. The van der Waals surface area contributed by atoms with Gasteiger partial charge in [0.25, 0.3) is 0 Å². The summed E-state index contributed by atoms with van der Waals surface area (Å²) in [6, 6.07) is 6.29. The molecule has 98 valence electrons. The summed E-state index contributed by atoms with van der Waals surface area (Å²) in [6.07, 6.45) is 1.83. The average molecular weight is 247 g/mol. The van der Waals surface area contributed by atoms with Crippen molar-refractivity contribution in [3.63, 3.8) is 0 Å². The molecule has 1 aromatic carbocycles. The molecule has 18 heavy (non-hydrogen) atoms. The van der Waals surface area contributed by atoms with Crippen molar-refractivity contribution < 1.29 is 9.53 Å². The van der Waals surface area contributed by atoms with Crippen LogP contribution < -0.4 is 5.32 Å². The number of ether oxygens (including phenoxy) is 1. The molecule has 1 N–H and O–H groups in total. The van der Waals surface area contributed by atoms with Gasteiger partial charge in [-0.3, -0.25) is 4.79 Å². The van der Waals surface area contributed by atoms with Gasteiger partial charge in [0.15, 0.2) is 0 Å². The van der Waals surface area contributed by atoms with Crippen molar-refractivity contribution >= 4 is 5.97 Å². The molecule has 0 bridgehead atoms. The summed E-state index contributed by atoms with van der Waals surface area (Å²) in [5.41, 5.74) is 3.80. The van der Waals surface area contributed by atoms with E-state index in [2.05, 4.69) is 23.5 Å². The Labute approximate surface area is 109 Å². The Morgan fingerprint density at radius 2 is 2.28 bits per heavy atom. The molecule has 3 nitrogen and oxygen atoms in total. The van der Waals surface area contributed by atoms with Crippen molar-refractivity contribution in [3.8, 4) is 0 Å². The molecule has 3 heteroatoms. The number of nitrogens with one attached hydrogen (secondary N) is 1. The highest BCUT2D eigenvalue weighted by Crippen LogP contribution is 2.28. The van der Waals surface area contributed by atoms with Crippen LogP contribution in [-0.2, 0) is 22.5 Å². The van der Waals surface area contributed by atoms with Gasteiger partial charge < -0.3 is 10.1 Å². The molecule has 1 aliphatic heterocycles. The highest BCUT2D eigenvalue weighted by Gasteiger charge is 2.24. The number of fused-ring (bicyclic) bond motifs is 1. The Morgan fingerprint density at radius 3 is 3.00 bits per heavy atom. The quantitative estimate of drug-likeness (QED) is 0.830. The van der Waals surface area contributed by atoms with Gasteiger partial charge in [-0.2, -0.15) is 0 Å². The van der Waals surface area contributed by atoms with Gasteiger partial charge in [0, 0.05) is 6.54 Å². The first-order valence-electron chi connectivity index (χ1n) is 6.75. The van der Waals surface area contributed by atoms with Crippen LogP contribution in [0.4, 0.5) is 0 Å². The number of benzene rings is 1. The average Bonchev–Trinajstić information content (AvgIpc) is 2.40. The van der Waals surface area contributed by atoms with E-state index in [9.17, 15) is 4.79 Å². The topological polar surface area (TPSA) is 38.3 Å². The Balaban J connectivity index is 2.33. The molecule has 1 unspecified atom stereocenters. The molecule has 0 fully saturated rings.